The van der Waals surface area contributed by atoms with E-state index >= 15 is 0 Å². The summed E-state index contributed by atoms with van der Waals surface area (Å²) in [5, 5.41) is 17.7. The zero-order valence-electron chi connectivity index (χ0n) is 8.82. The monoisotopic (exact) mass is 299 g/mol. The van der Waals surface area contributed by atoms with E-state index in [1.54, 1.807) is 32.0 Å². The standard InChI is InChI=1S/C11H10BrNO2S/c1-11(2,10(14)15)16-8-4-3-7(6-13)9(12)5-8/h3-5H,1-2H3,(H,14,15). The summed E-state index contributed by atoms with van der Waals surface area (Å²) in [5.74, 6) is -0.863. The highest BCUT2D eigenvalue weighted by molar-refractivity contribution is 9.10. The Labute approximate surface area is 107 Å². The van der Waals surface area contributed by atoms with Crippen LogP contribution in [0, 0.1) is 11.3 Å². The zero-order chi connectivity index (χ0) is 12.3. The van der Waals surface area contributed by atoms with Gasteiger partial charge in [-0.25, -0.2) is 0 Å². The molecule has 0 unspecified atom stereocenters. The largest absolute Gasteiger partial charge is 0.480 e. The third-order valence-electron chi connectivity index (χ3n) is 1.95. The molecule has 0 atom stereocenters. The van der Waals surface area contributed by atoms with Gasteiger partial charge < -0.3 is 5.11 Å². The smallest absolute Gasteiger partial charge is 0.319 e. The van der Waals surface area contributed by atoms with Gasteiger partial charge in [-0.2, -0.15) is 5.26 Å². The molecule has 1 rings (SSSR count). The first-order valence-corrected chi connectivity index (χ1v) is 6.10. The molecular formula is C11H10BrNO2S. The fourth-order valence-electron chi connectivity index (χ4n) is 0.988. The lowest BCUT2D eigenvalue weighted by Crippen LogP contribution is -2.26. The Bertz CT molecular complexity index is 466. The Hall–Kier alpha value is -0.990. The summed E-state index contributed by atoms with van der Waals surface area (Å²) in [6, 6.07) is 7.21. The van der Waals surface area contributed by atoms with Crippen LogP contribution in [0.2, 0.25) is 0 Å². The summed E-state index contributed by atoms with van der Waals surface area (Å²) < 4.78 is -0.200. The molecule has 1 aromatic carbocycles. The van der Waals surface area contributed by atoms with Crippen LogP contribution in [0.1, 0.15) is 19.4 Å². The predicted molar refractivity (Wildman–Crippen MR) is 66.4 cm³/mol. The van der Waals surface area contributed by atoms with E-state index in [4.69, 9.17) is 10.4 Å². The Balaban J connectivity index is 2.97. The average molecular weight is 300 g/mol. The maximum absolute atomic E-state index is 10.9. The van der Waals surface area contributed by atoms with E-state index in [2.05, 4.69) is 15.9 Å². The molecule has 0 aliphatic heterocycles. The van der Waals surface area contributed by atoms with E-state index < -0.39 is 10.7 Å². The van der Waals surface area contributed by atoms with Crippen molar-refractivity contribution in [1.82, 2.24) is 0 Å². The number of benzene rings is 1. The molecule has 0 spiro atoms. The number of nitrogens with zero attached hydrogens (tertiary/aromatic N) is 1. The molecule has 1 aromatic rings. The first-order valence-electron chi connectivity index (χ1n) is 4.49. The van der Waals surface area contributed by atoms with Gasteiger partial charge in [0.15, 0.2) is 0 Å². The van der Waals surface area contributed by atoms with Crippen molar-refractivity contribution < 1.29 is 9.90 Å². The maximum Gasteiger partial charge on any atom is 0.319 e. The number of rotatable bonds is 3. The van der Waals surface area contributed by atoms with Crippen molar-refractivity contribution in [1.29, 1.82) is 5.26 Å². The summed E-state index contributed by atoms with van der Waals surface area (Å²) in [4.78, 5) is 11.8. The zero-order valence-corrected chi connectivity index (χ0v) is 11.2. The fraction of sp³-hybridized carbons (Fsp3) is 0.273. The van der Waals surface area contributed by atoms with Gasteiger partial charge in [0.2, 0.25) is 0 Å². The normalized spacial score (nSPS) is 10.9. The quantitative estimate of drug-likeness (QED) is 0.870. The number of carboxylic acids is 1. The van der Waals surface area contributed by atoms with Crippen LogP contribution in [-0.4, -0.2) is 15.8 Å². The summed E-state index contributed by atoms with van der Waals surface area (Å²) in [7, 11) is 0. The van der Waals surface area contributed by atoms with Crippen LogP contribution < -0.4 is 0 Å². The van der Waals surface area contributed by atoms with E-state index in [9.17, 15) is 4.79 Å². The highest BCUT2D eigenvalue weighted by Gasteiger charge is 2.28. The van der Waals surface area contributed by atoms with E-state index in [0.29, 0.717) is 10.0 Å². The lowest BCUT2D eigenvalue weighted by molar-refractivity contribution is -0.138. The van der Waals surface area contributed by atoms with Crippen molar-refractivity contribution >= 4 is 33.7 Å². The molecule has 0 heterocycles. The molecule has 0 aromatic heterocycles. The molecule has 0 aliphatic carbocycles. The maximum atomic E-state index is 10.9. The second-order valence-corrected chi connectivity index (χ2v) is 6.22. The number of aliphatic carboxylic acids is 1. The van der Waals surface area contributed by atoms with Gasteiger partial charge in [-0.3, -0.25) is 4.79 Å². The Morgan fingerprint density at radius 3 is 2.62 bits per heavy atom. The van der Waals surface area contributed by atoms with E-state index in [1.807, 2.05) is 6.07 Å². The number of nitriles is 1. The Morgan fingerprint density at radius 2 is 2.19 bits per heavy atom. The first kappa shape index (κ1) is 13.1. The number of carbonyl (C=O) groups is 1. The van der Waals surface area contributed by atoms with Gasteiger partial charge in [0.25, 0.3) is 0 Å². The van der Waals surface area contributed by atoms with Crippen LogP contribution in [0.15, 0.2) is 27.6 Å². The molecule has 1 N–H and O–H groups in total. The highest BCUT2D eigenvalue weighted by Crippen LogP contribution is 2.34. The average Bonchev–Trinajstić information content (AvgIpc) is 2.17. The molecule has 5 heteroatoms. The Kier molecular flexibility index (Phi) is 4.00. The van der Waals surface area contributed by atoms with Crippen molar-refractivity contribution in [2.45, 2.75) is 23.5 Å². The molecule has 16 heavy (non-hydrogen) atoms. The molecule has 0 fully saturated rings. The molecule has 0 aliphatic rings. The lowest BCUT2D eigenvalue weighted by Gasteiger charge is -2.18. The van der Waals surface area contributed by atoms with Crippen molar-refractivity contribution in [2.75, 3.05) is 0 Å². The van der Waals surface area contributed by atoms with Gasteiger partial charge in [0.05, 0.1) is 5.56 Å². The summed E-state index contributed by atoms with van der Waals surface area (Å²) in [6.45, 7) is 3.29. The molecule has 3 nitrogen and oxygen atoms in total. The Morgan fingerprint density at radius 1 is 1.56 bits per heavy atom. The summed E-state index contributed by atoms with van der Waals surface area (Å²) in [6.07, 6.45) is 0. The second-order valence-electron chi connectivity index (χ2n) is 3.67. The molecule has 0 radical (unpaired) electrons. The molecule has 0 amide bonds. The molecule has 0 bridgehead atoms. The summed E-state index contributed by atoms with van der Waals surface area (Å²) >= 11 is 4.52. The van der Waals surface area contributed by atoms with E-state index in [-0.39, 0.29) is 0 Å². The molecule has 0 saturated heterocycles. The van der Waals surface area contributed by atoms with Crippen molar-refractivity contribution in [2.24, 2.45) is 0 Å². The minimum absolute atomic E-state index is 0.539. The van der Waals surface area contributed by atoms with Gasteiger partial charge >= 0.3 is 5.97 Å². The van der Waals surface area contributed by atoms with Crippen LogP contribution in [0.3, 0.4) is 0 Å². The predicted octanol–water partition coefficient (Wildman–Crippen LogP) is 3.28. The topological polar surface area (TPSA) is 61.1 Å². The SMILES string of the molecule is CC(C)(Sc1ccc(C#N)c(Br)c1)C(=O)O. The lowest BCUT2D eigenvalue weighted by atomic mass is 10.2. The molecular weight excluding hydrogens is 290 g/mol. The van der Waals surface area contributed by atoms with Crippen LogP contribution in [0.4, 0.5) is 0 Å². The van der Waals surface area contributed by atoms with Gasteiger partial charge in [-0.1, -0.05) is 0 Å². The van der Waals surface area contributed by atoms with Crippen molar-refractivity contribution in [3.63, 3.8) is 0 Å². The van der Waals surface area contributed by atoms with Crippen LogP contribution in [-0.2, 0) is 4.79 Å². The molecule has 0 saturated carbocycles. The third-order valence-corrected chi connectivity index (χ3v) is 3.78. The van der Waals surface area contributed by atoms with E-state index in [0.717, 1.165) is 4.90 Å². The number of hydrogen-bond acceptors (Lipinski definition) is 3. The third kappa shape index (κ3) is 3.00. The number of halogens is 1. The summed E-state index contributed by atoms with van der Waals surface area (Å²) in [5.41, 5.74) is 0.539. The first-order chi connectivity index (χ1) is 7.36. The minimum atomic E-state index is -0.881. The van der Waals surface area contributed by atoms with Crippen LogP contribution in [0.5, 0.6) is 0 Å². The molecule has 84 valence electrons. The number of hydrogen-bond donors (Lipinski definition) is 1. The van der Waals surface area contributed by atoms with Crippen molar-refractivity contribution in [3.8, 4) is 6.07 Å². The number of thioether (sulfide) groups is 1. The highest BCUT2D eigenvalue weighted by atomic mass is 79.9. The van der Waals surface area contributed by atoms with Gasteiger partial charge in [0, 0.05) is 9.37 Å². The van der Waals surface area contributed by atoms with Crippen LogP contribution >= 0.6 is 27.7 Å². The van der Waals surface area contributed by atoms with E-state index in [1.165, 1.54) is 11.8 Å². The number of carboxylic acid groups (broad SMARTS) is 1. The van der Waals surface area contributed by atoms with Crippen molar-refractivity contribution in [3.05, 3.63) is 28.2 Å². The van der Waals surface area contributed by atoms with Gasteiger partial charge in [0.1, 0.15) is 10.8 Å². The van der Waals surface area contributed by atoms with Gasteiger partial charge in [-0.05, 0) is 48.0 Å². The second kappa shape index (κ2) is 4.89. The van der Waals surface area contributed by atoms with Crippen LogP contribution in [0.25, 0.3) is 0 Å². The fourth-order valence-corrected chi connectivity index (χ4v) is 2.60. The minimum Gasteiger partial charge on any atom is -0.480 e. The van der Waals surface area contributed by atoms with Gasteiger partial charge in [-0.15, -0.1) is 11.8 Å².